The Kier molecular flexibility index (Phi) is 4.51. The summed E-state index contributed by atoms with van der Waals surface area (Å²) in [6, 6.07) is 0. The Balaban J connectivity index is 2.32. The molecular formula is C12H21NO4. The van der Waals surface area contributed by atoms with Gasteiger partial charge in [0.1, 0.15) is 0 Å². The van der Waals surface area contributed by atoms with Crippen molar-refractivity contribution in [1.82, 2.24) is 5.32 Å². The van der Waals surface area contributed by atoms with Crippen molar-refractivity contribution in [3.05, 3.63) is 0 Å². The van der Waals surface area contributed by atoms with E-state index in [0.29, 0.717) is 13.0 Å². The fourth-order valence-corrected chi connectivity index (χ4v) is 1.75. The maximum Gasteiger partial charge on any atom is 0.303 e. The van der Waals surface area contributed by atoms with Crippen LogP contribution in [0.3, 0.4) is 0 Å². The van der Waals surface area contributed by atoms with Gasteiger partial charge in [0.05, 0.1) is 12.0 Å². The van der Waals surface area contributed by atoms with Crippen LogP contribution in [0.5, 0.6) is 0 Å². The van der Waals surface area contributed by atoms with Crippen molar-refractivity contribution in [3.8, 4) is 0 Å². The van der Waals surface area contributed by atoms with Crippen LogP contribution in [0.15, 0.2) is 0 Å². The lowest BCUT2D eigenvalue weighted by atomic mass is 9.98. The molecule has 1 aliphatic rings. The molecule has 0 aromatic heterocycles. The number of hydrogen-bond donors (Lipinski definition) is 2. The highest BCUT2D eigenvalue weighted by Crippen LogP contribution is 2.34. The number of amides is 1. The summed E-state index contributed by atoms with van der Waals surface area (Å²) in [6.45, 7) is 6.21. The summed E-state index contributed by atoms with van der Waals surface area (Å²) in [5.74, 6) is -0.927. The molecule has 2 atom stereocenters. The van der Waals surface area contributed by atoms with E-state index in [2.05, 4.69) is 5.32 Å². The molecule has 17 heavy (non-hydrogen) atoms. The van der Waals surface area contributed by atoms with Gasteiger partial charge < -0.3 is 15.2 Å². The highest BCUT2D eigenvalue weighted by molar-refractivity contribution is 5.82. The molecule has 1 amide bonds. The second-order valence-corrected chi connectivity index (χ2v) is 5.10. The van der Waals surface area contributed by atoms with E-state index >= 15 is 0 Å². The van der Waals surface area contributed by atoms with E-state index in [4.69, 9.17) is 9.84 Å². The van der Waals surface area contributed by atoms with Gasteiger partial charge >= 0.3 is 5.97 Å². The summed E-state index contributed by atoms with van der Waals surface area (Å²) in [5.41, 5.74) is -0.477. The van der Waals surface area contributed by atoms with Gasteiger partial charge in [-0.05, 0) is 33.6 Å². The molecule has 2 N–H and O–H groups in total. The first-order valence-electron chi connectivity index (χ1n) is 6.01. The number of carboxylic acids is 1. The van der Waals surface area contributed by atoms with Crippen LogP contribution in [0.4, 0.5) is 0 Å². The molecule has 0 saturated heterocycles. The van der Waals surface area contributed by atoms with Gasteiger partial charge in [-0.2, -0.15) is 0 Å². The number of nitrogens with one attached hydrogen (secondary N) is 1. The first-order chi connectivity index (χ1) is 7.85. The zero-order valence-corrected chi connectivity index (χ0v) is 10.7. The van der Waals surface area contributed by atoms with Crippen molar-refractivity contribution in [2.75, 3.05) is 6.61 Å². The summed E-state index contributed by atoms with van der Waals surface area (Å²) < 4.78 is 5.34. The third-order valence-corrected chi connectivity index (χ3v) is 2.87. The van der Waals surface area contributed by atoms with Gasteiger partial charge in [-0.15, -0.1) is 0 Å². The van der Waals surface area contributed by atoms with E-state index in [1.807, 2.05) is 20.8 Å². The lowest BCUT2D eigenvalue weighted by molar-refractivity contribution is -0.138. The normalized spacial score (nSPS) is 23.2. The predicted molar refractivity (Wildman–Crippen MR) is 62.6 cm³/mol. The molecule has 5 heteroatoms. The quantitative estimate of drug-likeness (QED) is 0.703. The van der Waals surface area contributed by atoms with Crippen molar-refractivity contribution < 1.29 is 19.4 Å². The third kappa shape index (κ3) is 4.73. The molecule has 0 spiro atoms. The van der Waals surface area contributed by atoms with E-state index in [1.165, 1.54) is 0 Å². The van der Waals surface area contributed by atoms with Gasteiger partial charge in [0, 0.05) is 18.6 Å². The number of hydrogen-bond acceptors (Lipinski definition) is 3. The maximum absolute atomic E-state index is 11.8. The molecule has 0 heterocycles. The first-order valence-corrected chi connectivity index (χ1v) is 6.01. The van der Waals surface area contributed by atoms with Crippen molar-refractivity contribution in [2.45, 2.75) is 51.7 Å². The summed E-state index contributed by atoms with van der Waals surface area (Å²) in [4.78, 5) is 22.3. The van der Waals surface area contributed by atoms with Crippen LogP contribution >= 0.6 is 0 Å². The lowest BCUT2D eigenvalue weighted by Gasteiger charge is -2.25. The van der Waals surface area contributed by atoms with Crippen LogP contribution in [0, 0.1) is 5.92 Å². The highest BCUT2D eigenvalue weighted by Gasteiger charge is 2.45. The zero-order valence-electron chi connectivity index (χ0n) is 10.7. The number of carbonyl (C=O) groups is 2. The Morgan fingerprint density at radius 2 is 2.12 bits per heavy atom. The summed E-state index contributed by atoms with van der Waals surface area (Å²) >= 11 is 0. The average Bonchev–Trinajstić information content (AvgIpc) is 2.94. The Morgan fingerprint density at radius 1 is 1.47 bits per heavy atom. The van der Waals surface area contributed by atoms with E-state index < -0.39 is 11.5 Å². The summed E-state index contributed by atoms with van der Waals surface area (Å²) in [6.07, 6.45) is 1.32. The average molecular weight is 243 g/mol. The molecular weight excluding hydrogens is 222 g/mol. The highest BCUT2D eigenvalue weighted by atomic mass is 16.5. The fourth-order valence-electron chi connectivity index (χ4n) is 1.75. The van der Waals surface area contributed by atoms with Crippen molar-refractivity contribution in [1.29, 1.82) is 0 Å². The van der Waals surface area contributed by atoms with Crippen molar-refractivity contribution in [3.63, 3.8) is 0 Å². The van der Waals surface area contributed by atoms with Gasteiger partial charge in [0.2, 0.25) is 5.91 Å². The molecule has 1 rings (SSSR count). The van der Waals surface area contributed by atoms with E-state index in [9.17, 15) is 9.59 Å². The minimum absolute atomic E-state index is 0.0289. The topological polar surface area (TPSA) is 75.6 Å². The number of carboxylic acid groups (broad SMARTS) is 1. The van der Waals surface area contributed by atoms with E-state index in [0.717, 1.165) is 6.42 Å². The second-order valence-electron chi connectivity index (χ2n) is 5.10. The van der Waals surface area contributed by atoms with Crippen LogP contribution in [0.1, 0.15) is 40.0 Å². The molecule has 1 aliphatic carbocycles. The second kappa shape index (κ2) is 5.49. The fraction of sp³-hybridized carbons (Fsp3) is 0.833. The smallest absolute Gasteiger partial charge is 0.303 e. The standard InChI is InChI=1S/C12H21NO4/c1-4-17-9-7-8(9)11(16)13-12(2,3)6-5-10(14)15/h8-9H,4-7H2,1-3H3,(H,13,16)(H,14,15). The molecule has 0 aromatic carbocycles. The molecule has 0 bridgehead atoms. The van der Waals surface area contributed by atoms with Gasteiger partial charge in [-0.1, -0.05) is 0 Å². The number of ether oxygens (including phenoxy) is 1. The van der Waals surface area contributed by atoms with E-state index in [1.54, 1.807) is 0 Å². The molecule has 0 aliphatic heterocycles. The van der Waals surface area contributed by atoms with Gasteiger partial charge in [-0.25, -0.2) is 0 Å². The predicted octanol–water partition coefficient (Wildman–Crippen LogP) is 1.17. The van der Waals surface area contributed by atoms with Crippen LogP contribution in [0.25, 0.3) is 0 Å². The lowest BCUT2D eigenvalue weighted by Crippen LogP contribution is -2.44. The largest absolute Gasteiger partial charge is 0.481 e. The molecule has 2 unspecified atom stereocenters. The Bertz CT molecular complexity index is 301. The van der Waals surface area contributed by atoms with Crippen LogP contribution in [-0.4, -0.2) is 35.2 Å². The number of rotatable bonds is 7. The van der Waals surface area contributed by atoms with Crippen molar-refractivity contribution in [2.24, 2.45) is 5.92 Å². The van der Waals surface area contributed by atoms with Gasteiger partial charge in [-0.3, -0.25) is 9.59 Å². The van der Waals surface area contributed by atoms with Crippen LogP contribution < -0.4 is 5.32 Å². The van der Waals surface area contributed by atoms with Crippen LogP contribution in [-0.2, 0) is 14.3 Å². The summed E-state index contributed by atoms with van der Waals surface area (Å²) in [7, 11) is 0. The molecule has 1 fully saturated rings. The Labute approximate surface area is 102 Å². The van der Waals surface area contributed by atoms with Gasteiger partial charge in [0.25, 0.3) is 0 Å². The van der Waals surface area contributed by atoms with Crippen molar-refractivity contribution >= 4 is 11.9 Å². The molecule has 0 aromatic rings. The minimum atomic E-state index is -0.842. The number of carbonyl (C=O) groups excluding carboxylic acids is 1. The third-order valence-electron chi connectivity index (χ3n) is 2.87. The molecule has 5 nitrogen and oxygen atoms in total. The SMILES string of the molecule is CCOC1CC1C(=O)NC(C)(C)CCC(=O)O. The minimum Gasteiger partial charge on any atom is -0.481 e. The molecule has 98 valence electrons. The first kappa shape index (κ1) is 14.0. The van der Waals surface area contributed by atoms with E-state index in [-0.39, 0.29) is 24.3 Å². The van der Waals surface area contributed by atoms with Crippen LogP contribution in [0.2, 0.25) is 0 Å². The monoisotopic (exact) mass is 243 g/mol. The molecule has 0 radical (unpaired) electrons. The summed E-state index contributed by atoms with van der Waals surface area (Å²) in [5, 5.41) is 11.5. The number of aliphatic carboxylic acids is 1. The van der Waals surface area contributed by atoms with Gasteiger partial charge in [0.15, 0.2) is 0 Å². The Morgan fingerprint density at radius 3 is 2.65 bits per heavy atom. The maximum atomic E-state index is 11.8. The zero-order chi connectivity index (χ0) is 13.1. The molecule has 1 saturated carbocycles. The Hall–Kier alpha value is -1.10.